The first-order chi connectivity index (χ1) is 5.74. The molecule has 1 atom stereocenters. The highest BCUT2D eigenvalue weighted by molar-refractivity contribution is 5.48. The van der Waals surface area contributed by atoms with Gasteiger partial charge in [0, 0.05) is 12.5 Å². The molecule has 0 amide bonds. The van der Waals surface area contributed by atoms with Crippen molar-refractivity contribution in [2.75, 3.05) is 0 Å². The van der Waals surface area contributed by atoms with Crippen molar-refractivity contribution in [3.05, 3.63) is 41.1 Å². The third-order valence-corrected chi connectivity index (χ3v) is 1.77. The first-order valence-electron chi connectivity index (χ1n) is 3.82. The van der Waals surface area contributed by atoms with Crippen LogP contribution in [0.5, 0.6) is 0 Å². The number of hydrogen-bond acceptors (Lipinski definition) is 1. The van der Waals surface area contributed by atoms with Crippen LogP contribution < -0.4 is 0 Å². The number of furan rings is 1. The first kappa shape index (κ1) is 8.61. The smallest absolute Gasteiger partial charge is 0.242 e. The maximum Gasteiger partial charge on any atom is 0.242 e. The van der Waals surface area contributed by atoms with Gasteiger partial charge in [0.15, 0.2) is 0 Å². The van der Waals surface area contributed by atoms with Gasteiger partial charge in [0.1, 0.15) is 5.76 Å². The Labute approximate surface area is 72.3 Å². The highest BCUT2D eigenvalue weighted by atomic mass is 16.3. The lowest BCUT2D eigenvalue weighted by Gasteiger charge is -1.96. The molecule has 62 valence electrons. The van der Waals surface area contributed by atoms with Crippen molar-refractivity contribution in [3.8, 4) is 0 Å². The van der Waals surface area contributed by atoms with Gasteiger partial charge in [-0.1, -0.05) is 0 Å². The Hall–Kier alpha value is -1.49. The van der Waals surface area contributed by atoms with Crippen LogP contribution in [0, 0.1) is 6.57 Å². The average Bonchev–Trinajstić information content (AvgIpc) is 2.55. The molecule has 0 fully saturated rings. The second kappa shape index (κ2) is 3.77. The minimum atomic E-state index is -0.0601. The van der Waals surface area contributed by atoms with E-state index in [9.17, 15) is 0 Å². The quantitative estimate of drug-likeness (QED) is 0.609. The van der Waals surface area contributed by atoms with Crippen molar-refractivity contribution in [1.82, 2.24) is 0 Å². The molecule has 0 radical (unpaired) electrons. The lowest BCUT2D eigenvalue weighted by atomic mass is 10.1. The molecule has 1 aromatic rings. The van der Waals surface area contributed by atoms with Gasteiger partial charge in [-0.3, -0.25) is 0 Å². The lowest BCUT2D eigenvalue weighted by Crippen LogP contribution is -1.94. The van der Waals surface area contributed by atoms with Crippen LogP contribution in [0.25, 0.3) is 10.9 Å². The molecule has 0 aromatic carbocycles. The molecule has 1 heterocycles. The minimum absolute atomic E-state index is 0.0601. The summed E-state index contributed by atoms with van der Waals surface area (Å²) in [5.74, 6) is 0.808. The van der Waals surface area contributed by atoms with Gasteiger partial charge in [-0.15, -0.1) is 0 Å². The van der Waals surface area contributed by atoms with Crippen LogP contribution in [0.1, 0.15) is 19.6 Å². The summed E-state index contributed by atoms with van der Waals surface area (Å²) < 4.78 is 5.12. The van der Waals surface area contributed by atoms with Crippen molar-refractivity contribution in [3.63, 3.8) is 0 Å². The third-order valence-electron chi connectivity index (χ3n) is 1.77. The molecule has 0 saturated carbocycles. The molecule has 1 rings (SSSR count). The van der Waals surface area contributed by atoms with Crippen LogP contribution in [0.3, 0.4) is 0 Å². The maximum absolute atomic E-state index is 6.82. The molecule has 0 spiro atoms. The van der Waals surface area contributed by atoms with E-state index in [4.69, 9.17) is 11.0 Å². The van der Waals surface area contributed by atoms with Crippen molar-refractivity contribution in [2.45, 2.75) is 19.9 Å². The van der Waals surface area contributed by atoms with E-state index < -0.39 is 0 Å². The predicted octanol–water partition coefficient (Wildman–Crippen LogP) is 2.99. The molecular formula is C10H11NO. The first-order valence-corrected chi connectivity index (χ1v) is 3.82. The number of nitrogens with zero attached hydrogens (tertiary/aromatic N) is 1. The fourth-order valence-corrected chi connectivity index (χ4v) is 0.820. The second-order valence-corrected chi connectivity index (χ2v) is 2.71. The molecule has 12 heavy (non-hydrogen) atoms. The Morgan fingerprint density at radius 1 is 1.75 bits per heavy atom. The summed E-state index contributed by atoms with van der Waals surface area (Å²) in [5, 5.41) is 0. The number of hydrogen-bond donors (Lipinski definition) is 0. The normalized spacial score (nSPS) is 13.9. The zero-order chi connectivity index (χ0) is 8.97. The summed E-state index contributed by atoms with van der Waals surface area (Å²) >= 11 is 0. The zero-order valence-corrected chi connectivity index (χ0v) is 7.24. The molecule has 0 aliphatic rings. The van der Waals surface area contributed by atoms with E-state index in [2.05, 4.69) is 4.85 Å². The van der Waals surface area contributed by atoms with Crippen LogP contribution >= 0.6 is 0 Å². The molecule has 2 heteroatoms. The molecule has 1 aromatic heterocycles. The maximum atomic E-state index is 6.82. The van der Waals surface area contributed by atoms with Gasteiger partial charge in [-0.2, -0.15) is 0 Å². The Morgan fingerprint density at radius 2 is 2.50 bits per heavy atom. The summed E-state index contributed by atoms with van der Waals surface area (Å²) in [6.07, 6.45) is 3.52. The lowest BCUT2D eigenvalue weighted by molar-refractivity contribution is 0.556. The molecule has 0 N–H and O–H groups in total. The molecule has 0 bridgehead atoms. The Bertz CT molecular complexity index is 303. The van der Waals surface area contributed by atoms with Gasteiger partial charge < -0.3 is 9.26 Å². The summed E-state index contributed by atoms with van der Waals surface area (Å²) in [5.41, 5.74) is 1.03. The SMILES string of the molecule is [C-]#[N+]C(C)/C(C)=C/c1ccco1. The predicted molar refractivity (Wildman–Crippen MR) is 48.4 cm³/mol. The summed E-state index contributed by atoms with van der Waals surface area (Å²) in [6, 6.07) is 3.65. The van der Waals surface area contributed by atoms with Crippen LogP contribution in [-0.4, -0.2) is 6.04 Å². The van der Waals surface area contributed by atoms with E-state index in [-0.39, 0.29) is 6.04 Å². The molecule has 1 unspecified atom stereocenters. The molecule has 2 nitrogen and oxygen atoms in total. The van der Waals surface area contributed by atoms with Crippen molar-refractivity contribution >= 4 is 6.08 Å². The van der Waals surface area contributed by atoms with Crippen LogP contribution in [0.15, 0.2) is 28.4 Å². The van der Waals surface area contributed by atoms with E-state index in [1.54, 1.807) is 6.26 Å². The number of rotatable bonds is 2. The summed E-state index contributed by atoms with van der Waals surface area (Å²) in [4.78, 5) is 3.41. The fraction of sp³-hybridized carbons (Fsp3) is 0.300. The average molecular weight is 161 g/mol. The highest BCUT2D eigenvalue weighted by Crippen LogP contribution is 2.11. The van der Waals surface area contributed by atoms with Crippen LogP contribution in [0.2, 0.25) is 0 Å². The highest BCUT2D eigenvalue weighted by Gasteiger charge is 2.06. The Kier molecular flexibility index (Phi) is 2.71. The third kappa shape index (κ3) is 2.00. The van der Waals surface area contributed by atoms with Gasteiger partial charge in [0.25, 0.3) is 0 Å². The van der Waals surface area contributed by atoms with E-state index in [0.717, 1.165) is 11.3 Å². The Morgan fingerprint density at radius 3 is 3.00 bits per heavy atom. The van der Waals surface area contributed by atoms with Crippen molar-refractivity contribution in [1.29, 1.82) is 0 Å². The van der Waals surface area contributed by atoms with E-state index in [0.29, 0.717) is 0 Å². The van der Waals surface area contributed by atoms with Gasteiger partial charge in [-0.25, -0.2) is 6.57 Å². The summed E-state index contributed by atoms with van der Waals surface area (Å²) in [7, 11) is 0. The monoisotopic (exact) mass is 161 g/mol. The van der Waals surface area contributed by atoms with Gasteiger partial charge in [-0.05, 0) is 25.1 Å². The minimum Gasteiger partial charge on any atom is -0.465 e. The second-order valence-electron chi connectivity index (χ2n) is 2.71. The van der Waals surface area contributed by atoms with Crippen LogP contribution in [0.4, 0.5) is 0 Å². The van der Waals surface area contributed by atoms with E-state index in [1.165, 1.54) is 0 Å². The van der Waals surface area contributed by atoms with Gasteiger partial charge >= 0.3 is 0 Å². The molecular weight excluding hydrogens is 150 g/mol. The summed E-state index contributed by atoms with van der Waals surface area (Å²) in [6.45, 7) is 10.6. The van der Waals surface area contributed by atoms with Crippen molar-refractivity contribution < 1.29 is 4.42 Å². The standard InChI is InChI=1S/C10H11NO/c1-8(9(2)11-3)7-10-5-4-6-12-10/h4-7,9H,1-2H3/b8-7+. The molecule has 0 aliphatic heterocycles. The van der Waals surface area contributed by atoms with Crippen LogP contribution in [-0.2, 0) is 0 Å². The molecule has 0 saturated heterocycles. The van der Waals surface area contributed by atoms with Crippen molar-refractivity contribution in [2.24, 2.45) is 0 Å². The van der Waals surface area contributed by atoms with E-state index in [1.807, 2.05) is 32.1 Å². The van der Waals surface area contributed by atoms with Gasteiger partial charge in [0.2, 0.25) is 6.04 Å². The zero-order valence-electron chi connectivity index (χ0n) is 7.24. The largest absolute Gasteiger partial charge is 0.465 e. The topological polar surface area (TPSA) is 17.5 Å². The molecule has 0 aliphatic carbocycles. The van der Waals surface area contributed by atoms with Gasteiger partial charge in [0.05, 0.1) is 6.26 Å². The Balaban J connectivity index is 2.77. The van der Waals surface area contributed by atoms with E-state index >= 15 is 0 Å². The fourth-order valence-electron chi connectivity index (χ4n) is 0.820.